The Morgan fingerprint density at radius 1 is 0.346 bits per heavy atom. The highest BCUT2D eigenvalue weighted by Gasteiger charge is 2.62. The smallest absolute Gasteiger partial charge is 0.0465 e. The van der Waals surface area contributed by atoms with Gasteiger partial charge in [0, 0.05) is 27.9 Å². The maximum atomic E-state index is 2.70. The van der Waals surface area contributed by atoms with Crippen LogP contribution < -0.4 is 4.90 Å². The average molecular weight is 676 g/mol. The Kier molecular flexibility index (Phi) is 5.82. The molecular formula is C51H49N. The van der Waals surface area contributed by atoms with Gasteiger partial charge in [0.2, 0.25) is 0 Å². The fourth-order valence-electron chi connectivity index (χ4n) is 15.7. The van der Waals surface area contributed by atoms with Crippen LogP contribution in [0, 0.1) is 47.3 Å². The van der Waals surface area contributed by atoms with E-state index < -0.39 is 0 Å². The van der Waals surface area contributed by atoms with E-state index in [9.17, 15) is 0 Å². The van der Waals surface area contributed by atoms with E-state index in [1.807, 2.05) is 0 Å². The van der Waals surface area contributed by atoms with E-state index in [0.29, 0.717) is 0 Å². The van der Waals surface area contributed by atoms with Crippen molar-refractivity contribution in [2.45, 2.75) is 81.5 Å². The lowest BCUT2D eigenvalue weighted by Crippen LogP contribution is -2.55. The van der Waals surface area contributed by atoms with Crippen LogP contribution in [0.4, 0.5) is 17.1 Å². The summed E-state index contributed by atoms with van der Waals surface area (Å²) in [4.78, 5) is 2.63. The van der Waals surface area contributed by atoms with Crippen molar-refractivity contribution in [3.63, 3.8) is 0 Å². The van der Waals surface area contributed by atoms with E-state index in [0.717, 1.165) is 47.3 Å². The number of benzene rings is 5. The fraction of sp³-hybridized carbons (Fsp3) is 0.412. The summed E-state index contributed by atoms with van der Waals surface area (Å²) in [5.74, 6) is 6.82. The summed E-state index contributed by atoms with van der Waals surface area (Å²) in [5.41, 5.74) is 16.9. The van der Waals surface area contributed by atoms with Crippen LogP contribution in [0.2, 0.25) is 0 Å². The van der Waals surface area contributed by atoms with Crippen LogP contribution in [0.1, 0.15) is 92.9 Å². The quantitative estimate of drug-likeness (QED) is 0.184. The maximum absolute atomic E-state index is 2.70. The first-order valence-electron chi connectivity index (χ1n) is 21.0. The largest absolute Gasteiger partial charge is 0.310 e. The average Bonchev–Trinajstić information content (AvgIpc) is 3.52. The van der Waals surface area contributed by atoms with Gasteiger partial charge in [0.05, 0.1) is 0 Å². The number of hydrogen-bond acceptors (Lipinski definition) is 1. The fourth-order valence-corrected chi connectivity index (χ4v) is 15.7. The molecule has 2 spiro atoms. The van der Waals surface area contributed by atoms with Crippen molar-refractivity contribution in [2.24, 2.45) is 47.3 Å². The molecule has 0 saturated heterocycles. The second kappa shape index (κ2) is 10.3. The Balaban J connectivity index is 1.02. The van der Waals surface area contributed by atoms with Crippen LogP contribution in [-0.4, -0.2) is 0 Å². The van der Waals surface area contributed by atoms with Gasteiger partial charge in [-0.25, -0.2) is 0 Å². The van der Waals surface area contributed by atoms with Gasteiger partial charge in [-0.2, -0.15) is 0 Å². The van der Waals surface area contributed by atoms with E-state index in [1.54, 1.807) is 22.3 Å². The van der Waals surface area contributed by atoms with E-state index in [4.69, 9.17) is 0 Å². The molecular weight excluding hydrogens is 627 g/mol. The van der Waals surface area contributed by atoms with Gasteiger partial charge in [0.15, 0.2) is 0 Å². The molecule has 8 fully saturated rings. The number of anilines is 3. The zero-order chi connectivity index (χ0) is 33.8. The van der Waals surface area contributed by atoms with Gasteiger partial charge in [-0.1, -0.05) is 85.3 Å². The van der Waals surface area contributed by atoms with Gasteiger partial charge in [0.1, 0.15) is 0 Å². The zero-order valence-corrected chi connectivity index (χ0v) is 30.3. The number of fused-ring (bicyclic) bond motifs is 7. The number of hydrogen-bond donors (Lipinski definition) is 0. The standard InChI is InChI=1S/C51H49N/c1-2-8-39(9-3-1)52(41-17-19-45-43-11-5-7-13-47(43)51(49(45)30-41)37-25-33-21-34(27-37)28-38(51)26-33)40-16-18-44-42-10-4-6-12-46(42)50(48(44)29-40)35-15-14-31-20-32(23-35)24-36(50)22-31/h1-13,16-19,29-38H,14-15,20-28H2. The summed E-state index contributed by atoms with van der Waals surface area (Å²) in [6.45, 7) is 0. The van der Waals surface area contributed by atoms with Gasteiger partial charge in [-0.15, -0.1) is 0 Å². The summed E-state index contributed by atoms with van der Waals surface area (Å²) in [6.07, 6.45) is 15.8. The third-order valence-electron chi connectivity index (χ3n) is 16.9. The summed E-state index contributed by atoms with van der Waals surface area (Å²) in [5, 5.41) is 0. The molecule has 15 rings (SSSR count). The van der Waals surface area contributed by atoms with Gasteiger partial charge in [-0.05, 0) is 192 Å². The minimum Gasteiger partial charge on any atom is -0.310 e. The molecule has 5 unspecified atom stereocenters. The minimum atomic E-state index is 0.153. The van der Waals surface area contributed by atoms with Crippen LogP contribution in [-0.2, 0) is 10.8 Å². The van der Waals surface area contributed by atoms with Crippen molar-refractivity contribution < 1.29 is 0 Å². The molecule has 0 heterocycles. The molecule has 8 bridgehead atoms. The van der Waals surface area contributed by atoms with Gasteiger partial charge < -0.3 is 4.90 Å². The molecule has 5 atom stereocenters. The molecule has 5 aromatic carbocycles. The molecule has 1 nitrogen and oxygen atoms in total. The van der Waals surface area contributed by atoms with Crippen molar-refractivity contribution in [3.05, 3.63) is 138 Å². The zero-order valence-electron chi connectivity index (χ0n) is 30.3. The SMILES string of the molecule is c1ccc(N(c2ccc3c(c2)C2(c4ccccc4-3)C3CCC4CC(C3)CC2C4)c2ccc3c(c2)C2(c4ccccc4-3)C3CC4CC(C3)CC2C4)cc1. The maximum Gasteiger partial charge on any atom is 0.0465 e. The highest BCUT2D eigenvalue weighted by Crippen LogP contribution is 2.71. The summed E-state index contributed by atoms with van der Waals surface area (Å²) in [6, 6.07) is 45.9. The molecule has 1 heteroatoms. The minimum absolute atomic E-state index is 0.153. The molecule has 0 aromatic heterocycles. The molecule has 10 aliphatic rings. The Morgan fingerprint density at radius 2 is 0.788 bits per heavy atom. The molecule has 0 aliphatic heterocycles. The lowest BCUT2D eigenvalue weighted by atomic mass is 9.43. The molecule has 0 radical (unpaired) electrons. The van der Waals surface area contributed by atoms with Crippen molar-refractivity contribution in [1.29, 1.82) is 0 Å². The third-order valence-corrected chi connectivity index (χ3v) is 16.9. The molecule has 258 valence electrons. The molecule has 8 saturated carbocycles. The lowest BCUT2D eigenvalue weighted by molar-refractivity contribution is -0.0399. The van der Waals surface area contributed by atoms with E-state index >= 15 is 0 Å². The third kappa shape index (κ3) is 3.57. The molecule has 52 heavy (non-hydrogen) atoms. The van der Waals surface area contributed by atoms with Crippen molar-refractivity contribution in [3.8, 4) is 22.3 Å². The van der Waals surface area contributed by atoms with Crippen LogP contribution in [0.25, 0.3) is 22.3 Å². The molecule has 0 amide bonds. The Morgan fingerprint density at radius 3 is 1.37 bits per heavy atom. The first-order valence-corrected chi connectivity index (χ1v) is 21.0. The second-order valence-corrected chi connectivity index (χ2v) is 18.9. The topological polar surface area (TPSA) is 3.24 Å². The predicted molar refractivity (Wildman–Crippen MR) is 212 cm³/mol. The Labute approximate surface area is 309 Å². The Hall–Kier alpha value is -4.10. The number of para-hydroxylation sites is 1. The van der Waals surface area contributed by atoms with Gasteiger partial charge in [0.25, 0.3) is 0 Å². The van der Waals surface area contributed by atoms with Crippen molar-refractivity contribution >= 4 is 17.1 Å². The lowest BCUT2D eigenvalue weighted by Gasteiger charge is -2.61. The van der Waals surface area contributed by atoms with E-state index in [-0.39, 0.29) is 10.8 Å². The highest BCUT2D eigenvalue weighted by atomic mass is 15.1. The van der Waals surface area contributed by atoms with Crippen LogP contribution in [0.3, 0.4) is 0 Å². The second-order valence-electron chi connectivity index (χ2n) is 18.9. The first-order chi connectivity index (χ1) is 25.7. The highest BCUT2D eigenvalue weighted by molar-refractivity contribution is 5.89. The Bertz CT molecular complexity index is 2240. The van der Waals surface area contributed by atoms with E-state index in [1.165, 1.54) is 110 Å². The summed E-state index contributed by atoms with van der Waals surface area (Å²) < 4.78 is 0. The molecule has 0 N–H and O–H groups in total. The van der Waals surface area contributed by atoms with Crippen molar-refractivity contribution in [1.82, 2.24) is 0 Å². The molecule has 5 aromatic rings. The normalized spacial score (nSPS) is 36.2. The predicted octanol–water partition coefficient (Wildman–Crippen LogP) is 13.0. The van der Waals surface area contributed by atoms with Gasteiger partial charge >= 0.3 is 0 Å². The van der Waals surface area contributed by atoms with E-state index in [2.05, 4.69) is 120 Å². The summed E-state index contributed by atoms with van der Waals surface area (Å²) in [7, 11) is 0. The van der Waals surface area contributed by atoms with Crippen LogP contribution in [0.15, 0.2) is 115 Å². The monoisotopic (exact) mass is 675 g/mol. The summed E-state index contributed by atoms with van der Waals surface area (Å²) >= 11 is 0. The van der Waals surface area contributed by atoms with Gasteiger partial charge in [-0.3, -0.25) is 0 Å². The first kappa shape index (κ1) is 29.4. The molecule has 10 aliphatic carbocycles. The number of nitrogens with zero attached hydrogens (tertiary/aromatic N) is 1. The van der Waals surface area contributed by atoms with Crippen LogP contribution >= 0.6 is 0 Å². The van der Waals surface area contributed by atoms with Crippen molar-refractivity contribution in [2.75, 3.05) is 4.90 Å². The number of rotatable bonds is 3. The van der Waals surface area contributed by atoms with Crippen LogP contribution in [0.5, 0.6) is 0 Å².